The van der Waals surface area contributed by atoms with Crippen molar-refractivity contribution in [3.05, 3.63) is 64.7 Å². The summed E-state index contributed by atoms with van der Waals surface area (Å²) >= 11 is 5.72. The van der Waals surface area contributed by atoms with Crippen molar-refractivity contribution in [2.24, 2.45) is 0 Å². The maximum absolute atomic E-state index is 13.5. The van der Waals surface area contributed by atoms with Crippen LogP contribution in [0.3, 0.4) is 0 Å². The Morgan fingerprint density at radius 3 is 2.44 bits per heavy atom. The van der Waals surface area contributed by atoms with Gasteiger partial charge in [-0.05, 0) is 42.0 Å². The Morgan fingerprint density at radius 1 is 1.15 bits per heavy atom. The van der Waals surface area contributed by atoms with Gasteiger partial charge in [-0.1, -0.05) is 23.7 Å². The van der Waals surface area contributed by atoms with Crippen LogP contribution >= 0.6 is 24.0 Å². The first-order valence-electron chi connectivity index (χ1n) is 9.73. The van der Waals surface area contributed by atoms with Crippen LogP contribution in [0.15, 0.2) is 48.5 Å². The smallest absolute Gasteiger partial charge is 0.426 e. The van der Waals surface area contributed by atoms with Crippen molar-refractivity contribution in [1.29, 1.82) is 0 Å². The van der Waals surface area contributed by atoms with E-state index in [0.717, 1.165) is 12.1 Å². The van der Waals surface area contributed by atoms with Crippen molar-refractivity contribution in [3.8, 4) is 0 Å². The summed E-state index contributed by atoms with van der Waals surface area (Å²) in [4.78, 5) is 13.3. The monoisotopic (exact) mass is 532 g/mol. The average Bonchev–Trinajstić information content (AvgIpc) is 2.74. The molecule has 0 saturated carbocycles. The fourth-order valence-electron chi connectivity index (χ4n) is 3.24. The Bertz CT molecular complexity index is 957. The van der Waals surface area contributed by atoms with Crippen LogP contribution in [0.1, 0.15) is 17.2 Å². The summed E-state index contributed by atoms with van der Waals surface area (Å²) in [7, 11) is 0. The number of amides is 1. The lowest BCUT2D eigenvalue weighted by molar-refractivity contribution is -0.209. The molecule has 2 aromatic carbocycles. The summed E-state index contributed by atoms with van der Waals surface area (Å²) in [6.45, 7) is -0.709. The minimum atomic E-state index is -4.86. The maximum Gasteiger partial charge on any atom is 0.426 e. The van der Waals surface area contributed by atoms with Crippen LogP contribution in [0.25, 0.3) is 0 Å². The largest absolute Gasteiger partial charge is 0.435 e. The molecule has 2 aromatic rings. The Kier molecular flexibility index (Phi) is 9.46. The molecule has 3 rings (SSSR count). The second-order valence-electron chi connectivity index (χ2n) is 7.31. The number of carbonyl (C=O) groups excluding carboxylic acids is 1. The molecule has 188 valence electrons. The molecular formula is C21H20Cl2F6N2O3. The van der Waals surface area contributed by atoms with E-state index in [1.54, 1.807) is 0 Å². The van der Waals surface area contributed by atoms with Gasteiger partial charge in [0.05, 0.1) is 18.3 Å². The number of morpholine rings is 1. The van der Waals surface area contributed by atoms with Gasteiger partial charge in [0.15, 0.2) is 0 Å². The summed E-state index contributed by atoms with van der Waals surface area (Å²) in [5.74, 6) is 0. The van der Waals surface area contributed by atoms with Gasteiger partial charge in [-0.15, -0.1) is 12.4 Å². The number of rotatable bonds is 5. The number of nitrogens with one attached hydrogen (secondary N) is 1. The van der Waals surface area contributed by atoms with Crippen molar-refractivity contribution >= 4 is 35.8 Å². The lowest BCUT2D eigenvalue weighted by Crippen LogP contribution is -2.48. The predicted molar refractivity (Wildman–Crippen MR) is 115 cm³/mol. The van der Waals surface area contributed by atoms with Gasteiger partial charge >= 0.3 is 18.4 Å². The number of anilines is 1. The molecule has 0 unspecified atom stereocenters. The number of nitrogens with zero attached hydrogens (tertiary/aromatic N) is 1. The molecule has 1 aliphatic rings. The molecule has 1 heterocycles. The van der Waals surface area contributed by atoms with Crippen LogP contribution in [-0.4, -0.2) is 49.5 Å². The average molecular weight is 533 g/mol. The van der Waals surface area contributed by atoms with Crippen molar-refractivity contribution in [2.75, 3.05) is 31.6 Å². The first kappa shape index (κ1) is 28.0. The van der Waals surface area contributed by atoms with Crippen LogP contribution < -0.4 is 5.32 Å². The van der Waals surface area contributed by atoms with E-state index < -0.39 is 42.8 Å². The number of ether oxygens (including phenoxy) is 2. The maximum atomic E-state index is 13.5. The van der Waals surface area contributed by atoms with E-state index in [2.05, 4.69) is 10.1 Å². The van der Waals surface area contributed by atoms with Crippen LogP contribution in [-0.2, 0) is 15.7 Å². The van der Waals surface area contributed by atoms with Crippen molar-refractivity contribution in [3.63, 3.8) is 0 Å². The molecule has 34 heavy (non-hydrogen) atoms. The zero-order valence-corrected chi connectivity index (χ0v) is 18.9. The molecule has 0 aliphatic carbocycles. The Hall–Kier alpha value is -2.21. The lowest BCUT2D eigenvalue weighted by Gasteiger charge is -2.35. The zero-order valence-electron chi connectivity index (χ0n) is 17.3. The van der Waals surface area contributed by atoms with Crippen LogP contribution in [0.5, 0.6) is 0 Å². The minimum Gasteiger partial charge on any atom is -0.435 e. The number of halogens is 8. The van der Waals surface area contributed by atoms with Gasteiger partial charge in [-0.25, -0.2) is 4.79 Å². The second kappa shape index (κ2) is 11.5. The fourth-order valence-corrected chi connectivity index (χ4v) is 3.36. The van der Waals surface area contributed by atoms with Gasteiger partial charge in [-0.2, -0.15) is 26.3 Å². The third-order valence-electron chi connectivity index (χ3n) is 4.87. The van der Waals surface area contributed by atoms with Crippen LogP contribution in [0.4, 0.5) is 36.8 Å². The summed E-state index contributed by atoms with van der Waals surface area (Å²) < 4.78 is 89.6. The molecule has 1 aliphatic heterocycles. The number of hydrogen-bond donors (Lipinski definition) is 1. The van der Waals surface area contributed by atoms with Gasteiger partial charge in [0.25, 0.3) is 0 Å². The van der Waals surface area contributed by atoms with E-state index in [-0.39, 0.29) is 43.4 Å². The Balaban J connectivity index is 0.00000408. The minimum absolute atomic E-state index is 0. The number of carbonyl (C=O) groups is 1. The summed E-state index contributed by atoms with van der Waals surface area (Å²) in [5, 5.41) is 2.57. The van der Waals surface area contributed by atoms with E-state index in [1.165, 1.54) is 41.3 Å². The van der Waals surface area contributed by atoms with Crippen molar-refractivity contribution < 1.29 is 40.6 Å². The second-order valence-corrected chi connectivity index (χ2v) is 7.75. The molecule has 2 atom stereocenters. The highest BCUT2D eigenvalue weighted by atomic mass is 35.5. The first-order valence-corrected chi connectivity index (χ1v) is 10.1. The SMILES string of the molecule is Cl.O=C(Nc1ccc(Cl)cc1)O[C@@H](CN1CCO[C@@H](c2cccc(C(F)(F)F)c2)C1)C(F)(F)F. The van der Waals surface area contributed by atoms with Gasteiger partial charge in [0, 0.05) is 30.3 Å². The summed E-state index contributed by atoms with van der Waals surface area (Å²) in [6.07, 6.45) is -14.0. The first-order chi connectivity index (χ1) is 15.4. The number of hydrogen-bond acceptors (Lipinski definition) is 4. The van der Waals surface area contributed by atoms with E-state index >= 15 is 0 Å². The third kappa shape index (κ3) is 7.93. The molecule has 1 saturated heterocycles. The standard InChI is InChI=1S/C21H19ClF6N2O3.ClH/c22-15-4-6-16(7-5-15)29-19(31)33-18(21(26,27)28)12-30-8-9-32-17(11-30)13-2-1-3-14(10-13)20(23,24)25;/h1-7,10,17-18H,8-9,11-12H2,(H,29,31);1H/t17-,18+;/m1./s1. The van der Waals surface area contributed by atoms with Gasteiger partial charge < -0.3 is 9.47 Å². The number of benzene rings is 2. The van der Waals surface area contributed by atoms with E-state index in [1.807, 2.05) is 0 Å². The molecule has 0 bridgehead atoms. The van der Waals surface area contributed by atoms with Crippen molar-refractivity contribution in [1.82, 2.24) is 4.90 Å². The van der Waals surface area contributed by atoms with Crippen molar-refractivity contribution in [2.45, 2.75) is 24.6 Å². The fraction of sp³-hybridized carbons (Fsp3) is 0.381. The molecule has 0 aromatic heterocycles. The predicted octanol–water partition coefficient (Wildman–Crippen LogP) is 6.33. The number of alkyl halides is 6. The zero-order chi connectivity index (χ0) is 24.2. The molecule has 1 amide bonds. The van der Waals surface area contributed by atoms with E-state index in [4.69, 9.17) is 16.3 Å². The Labute approximate surface area is 202 Å². The highest BCUT2D eigenvalue weighted by Gasteiger charge is 2.44. The molecule has 1 fully saturated rings. The van der Waals surface area contributed by atoms with Crippen LogP contribution in [0, 0.1) is 0 Å². The van der Waals surface area contributed by atoms with Gasteiger partial charge in [-0.3, -0.25) is 10.2 Å². The lowest BCUT2D eigenvalue weighted by atomic mass is 10.0. The normalized spacial score (nSPS) is 18.0. The molecule has 13 heteroatoms. The van der Waals surface area contributed by atoms with E-state index in [0.29, 0.717) is 5.02 Å². The topological polar surface area (TPSA) is 50.8 Å². The highest BCUT2D eigenvalue weighted by molar-refractivity contribution is 6.30. The molecule has 5 nitrogen and oxygen atoms in total. The summed E-state index contributed by atoms with van der Waals surface area (Å²) in [6, 6.07) is 10.1. The Morgan fingerprint density at radius 2 is 1.82 bits per heavy atom. The quantitative estimate of drug-likeness (QED) is 0.457. The molecule has 0 spiro atoms. The molecule has 0 radical (unpaired) electrons. The van der Waals surface area contributed by atoms with Gasteiger partial charge in [0.2, 0.25) is 6.10 Å². The molecular weight excluding hydrogens is 513 g/mol. The van der Waals surface area contributed by atoms with Gasteiger partial charge in [0.1, 0.15) is 0 Å². The van der Waals surface area contributed by atoms with E-state index in [9.17, 15) is 31.1 Å². The summed E-state index contributed by atoms with van der Waals surface area (Å²) in [5.41, 5.74) is -0.489. The third-order valence-corrected chi connectivity index (χ3v) is 5.12. The van der Waals surface area contributed by atoms with Crippen LogP contribution in [0.2, 0.25) is 5.02 Å². The molecule has 1 N–H and O–H groups in total. The highest BCUT2D eigenvalue weighted by Crippen LogP contribution is 2.33.